The SMILES string of the molecule is CCNC(=NCc1ccc(C(N)=O)cc1)NCc1c(CC)noc1CC. The van der Waals surface area contributed by atoms with E-state index in [2.05, 4.69) is 34.6 Å². The van der Waals surface area contributed by atoms with Crippen molar-refractivity contribution in [1.29, 1.82) is 0 Å². The zero-order valence-electron chi connectivity index (χ0n) is 15.6. The van der Waals surface area contributed by atoms with E-state index in [1.54, 1.807) is 12.1 Å². The number of aryl methyl sites for hydroxylation is 2. The molecule has 0 aliphatic heterocycles. The maximum atomic E-state index is 11.1. The van der Waals surface area contributed by atoms with Gasteiger partial charge in [-0.3, -0.25) is 4.79 Å². The van der Waals surface area contributed by atoms with Crippen LogP contribution in [0.5, 0.6) is 0 Å². The predicted octanol–water partition coefficient (Wildman–Crippen LogP) is 2.15. The van der Waals surface area contributed by atoms with Crippen molar-refractivity contribution in [3.63, 3.8) is 0 Å². The maximum Gasteiger partial charge on any atom is 0.248 e. The van der Waals surface area contributed by atoms with Crippen LogP contribution in [-0.2, 0) is 25.9 Å². The van der Waals surface area contributed by atoms with Crippen molar-refractivity contribution in [1.82, 2.24) is 15.8 Å². The summed E-state index contributed by atoms with van der Waals surface area (Å²) in [5.41, 5.74) is 8.84. The summed E-state index contributed by atoms with van der Waals surface area (Å²) in [4.78, 5) is 15.7. The van der Waals surface area contributed by atoms with E-state index in [-0.39, 0.29) is 0 Å². The van der Waals surface area contributed by atoms with Crippen LogP contribution in [0, 0.1) is 0 Å². The lowest BCUT2D eigenvalue weighted by atomic mass is 10.1. The molecule has 0 radical (unpaired) electrons. The zero-order valence-corrected chi connectivity index (χ0v) is 15.6. The summed E-state index contributed by atoms with van der Waals surface area (Å²) in [6.45, 7) is 8.01. The van der Waals surface area contributed by atoms with Gasteiger partial charge in [-0.2, -0.15) is 0 Å². The predicted molar refractivity (Wildman–Crippen MR) is 102 cm³/mol. The second-order valence-corrected chi connectivity index (χ2v) is 5.85. The first-order chi connectivity index (χ1) is 12.6. The van der Waals surface area contributed by atoms with Gasteiger partial charge in [0.15, 0.2) is 5.96 Å². The molecule has 1 aromatic heterocycles. The molecular formula is C19H27N5O2. The van der Waals surface area contributed by atoms with Gasteiger partial charge in [-0.1, -0.05) is 31.1 Å². The molecule has 2 rings (SSSR count). The van der Waals surface area contributed by atoms with Gasteiger partial charge in [-0.05, 0) is 31.0 Å². The summed E-state index contributed by atoms with van der Waals surface area (Å²) in [6.07, 6.45) is 1.64. The van der Waals surface area contributed by atoms with E-state index in [1.165, 1.54) is 0 Å². The quantitative estimate of drug-likeness (QED) is 0.496. The maximum absolute atomic E-state index is 11.1. The van der Waals surface area contributed by atoms with Gasteiger partial charge in [0.05, 0.1) is 12.2 Å². The molecular weight excluding hydrogens is 330 g/mol. The molecule has 0 aliphatic rings. The Bertz CT molecular complexity index is 728. The third-order valence-electron chi connectivity index (χ3n) is 4.04. The molecule has 0 saturated heterocycles. The molecule has 0 atom stereocenters. The number of nitrogens with zero attached hydrogens (tertiary/aromatic N) is 2. The number of carbonyl (C=O) groups excluding carboxylic acids is 1. The molecule has 4 N–H and O–H groups in total. The van der Waals surface area contributed by atoms with Crippen LogP contribution in [0.2, 0.25) is 0 Å². The fraction of sp³-hybridized carbons (Fsp3) is 0.421. The first-order valence-electron chi connectivity index (χ1n) is 8.96. The Morgan fingerprint density at radius 2 is 1.88 bits per heavy atom. The molecule has 1 aromatic carbocycles. The monoisotopic (exact) mass is 357 g/mol. The number of nitrogens with one attached hydrogen (secondary N) is 2. The van der Waals surface area contributed by atoms with Crippen LogP contribution in [-0.4, -0.2) is 23.6 Å². The number of benzene rings is 1. The van der Waals surface area contributed by atoms with Crippen molar-refractivity contribution in [2.24, 2.45) is 10.7 Å². The molecule has 140 valence electrons. The molecule has 26 heavy (non-hydrogen) atoms. The van der Waals surface area contributed by atoms with Crippen LogP contribution in [0.25, 0.3) is 0 Å². The Balaban J connectivity index is 2.05. The molecule has 1 amide bonds. The number of hydrogen-bond acceptors (Lipinski definition) is 4. The Morgan fingerprint density at radius 1 is 1.15 bits per heavy atom. The Hall–Kier alpha value is -2.83. The van der Waals surface area contributed by atoms with Crippen LogP contribution in [0.15, 0.2) is 33.8 Å². The summed E-state index contributed by atoms with van der Waals surface area (Å²) < 4.78 is 5.40. The van der Waals surface area contributed by atoms with E-state index in [9.17, 15) is 4.79 Å². The van der Waals surface area contributed by atoms with Gasteiger partial charge in [-0.25, -0.2) is 4.99 Å². The van der Waals surface area contributed by atoms with Crippen LogP contribution < -0.4 is 16.4 Å². The number of guanidine groups is 1. The van der Waals surface area contributed by atoms with Crippen molar-refractivity contribution < 1.29 is 9.32 Å². The van der Waals surface area contributed by atoms with Gasteiger partial charge in [0.2, 0.25) is 5.91 Å². The number of amides is 1. The summed E-state index contributed by atoms with van der Waals surface area (Å²) in [5, 5.41) is 10.7. The number of hydrogen-bond donors (Lipinski definition) is 3. The van der Waals surface area contributed by atoms with Crippen molar-refractivity contribution in [3.8, 4) is 0 Å². The van der Waals surface area contributed by atoms with E-state index in [1.807, 2.05) is 19.1 Å². The van der Waals surface area contributed by atoms with E-state index >= 15 is 0 Å². The molecule has 1 heterocycles. The van der Waals surface area contributed by atoms with Crippen LogP contribution in [0.3, 0.4) is 0 Å². The lowest BCUT2D eigenvalue weighted by Gasteiger charge is -2.11. The standard InChI is InChI=1S/C19H27N5O2/c1-4-16-15(17(5-2)26-24-16)12-23-19(21-6-3)22-11-13-7-9-14(10-8-13)18(20)25/h7-10H,4-6,11-12H2,1-3H3,(H2,20,25)(H2,21,22,23). The van der Waals surface area contributed by atoms with E-state index in [4.69, 9.17) is 10.3 Å². The number of rotatable bonds is 8. The molecule has 0 aliphatic carbocycles. The first-order valence-corrected chi connectivity index (χ1v) is 8.96. The van der Waals surface area contributed by atoms with Crippen molar-refractivity contribution in [3.05, 3.63) is 52.4 Å². The molecule has 0 bridgehead atoms. The van der Waals surface area contributed by atoms with Crippen LogP contribution >= 0.6 is 0 Å². The molecule has 2 aromatic rings. The van der Waals surface area contributed by atoms with Crippen LogP contribution in [0.4, 0.5) is 0 Å². The summed E-state index contributed by atoms with van der Waals surface area (Å²) in [5.74, 6) is 1.20. The third-order valence-corrected chi connectivity index (χ3v) is 4.04. The largest absolute Gasteiger partial charge is 0.366 e. The van der Waals surface area contributed by atoms with Gasteiger partial charge in [0, 0.05) is 30.6 Å². The average molecular weight is 357 g/mol. The highest BCUT2D eigenvalue weighted by Crippen LogP contribution is 2.15. The van der Waals surface area contributed by atoms with Crippen molar-refractivity contribution in [2.45, 2.75) is 46.7 Å². The van der Waals surface area contributed by atoms with Crippen LogP contribution in [0.1, 0.15) is 53.7 Å². The third kappa shape index (κ3) is 5.08. The number of carbonyl (C=O) groups is 1. The highest BCUT2D eigenvalue weighted by Gasteiger charge is 2.13. The van der Waals surface area contributed by atoms with Gasteiger partial charge >= 0.3 is 0 Å². The number of aromatic nitrogens is 1. The van der Waals surface area contributed by atoms with Gasteiger partial charge < -0.3 is 20.9 Å². The average Bonchev–Trinajstić information content (AvgIpc) is 3.06. The van der Waals surface area contributed by atoms with Gasteiger partial charge in [0.25, 0.3) is 0 Å². The Labute approximate surface area is 154 Å². The Kier molecular flexibility index (Phi) is 7.20. The number of nitrogens with two attached hydrogens (primary N) is 1. The minimum atomic E-state index is -0.428. The molecule has 0 unspecified atom stereocenters. The fourth-order valence-corrected chi connectivity index (χ4v) is 2.60. The molecule has 7 nitrogen and oxygen atoms in total. The highest BCUT2D eigenvalue weighted by atomic mass is 16.5. The second-order valence-electron chi connectivity index (χ2n) is 5.85. The molecule has 0 saturated carbocycles. The minimum absolute atomic E-state index is 0.428. The van der Waals surface area contributed by atoms with Gasteiger partial charge in [-0.15, -0.1) is 0 Å². The van der Waals surface area contributed by atoms with Crippen molar-refractivity contribution >= 4 is 11.9 Å². The lowest BCUT2D eigenvalue weighted by molar-refractivity contribution is 0.100. The summed E-state index contributed by atoms with van der Waals surface area (Å²) in [6, 6.07) is 7.15. The summed E-state index contributed by atoms with van der Waals surface area (Å²) >= 11 is 0. The molecule has 0 spiro atoms. The first kappa shape index (κ1) is 19.5. The normalized spacial score (nSPS) is 11.4. The van der Waals surface area contributed by atoms with Gasteiger partial charge in [0.1, 0.15) is 5.76 Å². The number of primary amides is 1. The topological polar surface area (TPSA) is 106 Å². The smallest absolute Gasteiger partial charge is 0.248 e. The number of aliphatic imine (C=N–C) groups is 1. The molecule has 7 heteroatoms. The fourth-order valence-electron chi connectivity index (χ4n) is 2.60. The van der Waals surface area contributed by atoms with Crippen molar-refractivity contribution in [2.75, 3.05) is 6.54 Å². The zero-order chi connectivity index (χ0) is 18.9. The summed E-state index contributed by atoms with van der Waals surface area (Å²) in [7, 11) is 0. The molecule has 0 fully saturated rings. The minimum Gasteiger partial charge on any atom is -0.366 e. The second kappa shape index (κ2) is 9.60. The van der Waals surface area contributed by atoms with E-state index < -0.39 is 5.91 Å². The Morgan fingerprint density at radius 3 is 2.46 bits per heavy atom. The van der Waals surface area contributed by atoms with E-state index in [0.717, 1.165) is 47.9 Å². The lowest BCUT2D eigenvalue weighted by Crippen LogP contribution is -2.37. The highest BCUT2D eigenvalue weighted by molar-refractivity contribution is 5.92. The van der Waals surface area contributed by atoms with E-state index in [0.29, 0.717) is 18.7 Å².